The van der Waals surface area contributed by atoms with Crippen LogP contribution < -0.4 is 0 Å². The summed E-state index contributed by atoms with van der Waals surface area (Å²) in [7, 11) is 0. The van der Waals surface area contributed by atoms with Crippen LogP contribution in [-0.4, -0.2) is 18.3 Å². The molecule has 0 aliphatic carbocycles. The molecule has 0 aromatic carbocycles. The largest absolute Gasteiger partial charge is 0.465 e. The van der Waals surface area contributed by atoms with Crippen molar-refractivity contribution in [2.75, 3.05) is 12.4 Å². The summed E-state index contributed by atoms with van der Waals surface area (Å²) in [4.78, 5) is 11.3. The maximum absolute atomic E-state index is 11.3. The van der Waals surface area contributed by atoms with Gasteiger partial charge in [0.15, 0.2) is 0 Å². The molecule has 0 radical (unpaired) electrons. The Hall–Kier alpha value is -0.440. The van der Waals surface area contributed by atoms with Gasteiger partial charge in [0.25, 0.3) is 0 Å². The van der Waals surface area contributed by atoms with Gasteiger partial charge in [-0.25, -0.2) is 0 Å². The van der Waals surface area contributed by atoms with E-state index in [1.165, 1.54) is 64.2 Å². The average Bonchev–Trinajstić information content (AvgIpc) is 2.53. The van der Waals surface area contributed by atoms with Gasteiger partial charge in [0.1, 0.15) is 6.61 Å². The lowest BCUT2D eigenvalue weighted by Gasteiger charge is -2.03. The number of hydrogen-bond donors (Lipinski definition) is 1. The van der Waals surface area contributed by atoms with E-state index in [1.807, 2.05) is 0 Å². The van der Waals surface area contributed by atoms with Crippen molar-refractivity contribution in [2.24, 2.45) is 0 Å². The number of allylic oxidation sites excluding steroid dienone is 2. The van der Waals surface area contributed by atoms with E-state index in [-0.39, 0.29) is 5.97 Å². The van der Waals surface area contributed by atoms with Crippen molar-refractivity contribution in [3.05, 3.63) is 12.2 Å². The van der Waals surface area contributed by atoms with Crippen molar-refractivity contribution in [2.45, 2.75) is 90.4 Å². The Morgan fingerprint density at radius 3 is 2.00 bits per heavy atom. The molecule has 0 atom stereocenters. The molecular weight excluding hydrogens is 292 g/mol. The van der Waals surface area contributed by atoms with Gasteiger partial charge in [-0.2, -0.15) is 12.6 Å². The van der Waals surface area contributed by atoms with E-state index in [9.17, 15) is 4.79 Å². The molecule has 0 saturated heterocycles. The van der Waals surface area contributed by atoms with Gasteiger partial charge < -0.3 is 4.74 Å². The van der Waals surface area contributed by atoms with Crippen molar-refractivity contribution < 1.29 is 9.53 Å². The molecule has 2 nitrogen and oxygen atoms in total. The first kappa shape index (κ1) is 21.6. The molecule has 0 rings (SSSR count). The third-order valence-electron chi connectivity index (χ3n) is 3.75. The zero-order valence-electron chi connectivity index (χ0n) is 14.5. The highest BCUT2D eigenvalue weighted by Gasteiger charge is 2.01. The van der Waals surface area contributed by atoms with Crippen LogP contribution in [0.2, 0.25) is 0 Å². The van der Waals surface area contributed by atoms with Gasteiger partial charge in [0, 0.05) is 12.2 Å². The number of hydrogen-bond acceptors (Lipinski definition) is 3. The summed E-state index contributed by atoms with van der Waals surface area (Å²) in [6, 6.07) is 0. The number of esters is 1. The molecular formula is C19H36O2S. The van der Waals surface area contributed by atoms with Gasteiger partial charge in [-0.15, -0.1) is 0 Å². The van der Waals surface area contributed by atoms with Crippen molar-refractivity contribution in [3.8, 4) is 0 Å². The minimum absolute atomic E-state index is 0.0685. The molecule has 3 heteroatoms. The molecule has 0 fully saturated rings. The lowest BCUT2D eigenvalue weighted by atomic mass is 10.1. The van der Waals surface area contributed by atoms with Crippen molar-refractivity contribution in [3.63, 3.8) is 0 Å². The van der Waals surface area contributed by atoms with Crippen molar-refractivity contribution in [1.82, 2.24) is 0 Å². The Balaban J connectivity index is 3.11. The highest BCUT2D eigenvalue weighted by atomic mass is 32.1. The van der Waals surface area contributed by atoms with Crippen LogP contribution in [0.5, 0.6) is 0 Å². The maximum Gasteiger partial charge on any atom is 0.305 e. The fourth-order valence-electron chi connectivity index (χ4n) is 2.38. The lowest BCUT2D eigenvalue weighted by molar-refractivity contribution is -0.143. The molecule has 22 heavy (non-hydrogen) atoms. The minimum Gasteiger partial charge on any atom is -0.465 e. The third-order valence-corrected chi connectivity index (χ3v) is 3.93. The van der Waals surface area contributed by atoms with Crippen LogP contribution in [0.15, 0.2) is 12.2 Å². The first-order valence-corrected chi connectivity index (χ1v) is 9.86. The molecule has 0 aliphatic heterocycles. The second kappa shape index (κ2) is 18.6. The molecule has 0 aliphatic rings. The van der Waals surface area contributed by atoms with Gasteiger partial charge in [0.05, 0.1) is 0 Å². The summed E-state index contributed by atoms with van der Waals surface area (Å²) in [5, 5.41) is 0. The Morgan fingerprint density at radius 1 is 0.864 bits per heavy atom. The van der Waals surface area contributed by atoms with Crippen LogP contribution in [0.25, 0.3) is 0 Å². The molecule has 0 amide bonds. The van der Waals surface area contributed by atoms with Gasteiger partial charge in [-0.3, -0.25) is 4.79 Å². The Labute approximate surface area is 143 Å². The van der Waals surface area contributed by atoms with Crippen molar-refractivity contribution >= 4 is 18.6 Å². The lowest BCUT2D eigenvalue weighted by Crippen LogP contribution is -2.06. The number of carbonyl (C=O) groups excluding carboxylic acids is 1. The summed E-state index contributed by atoms with van der Waals surface area (Å²) in [6.45, 7) is 2.68. The standard InChI is InChI=1S/C19H36O2S/c1-2-3-4-5-6-7-8-9-10-11-12-13-14-15-16-19(20)21-17-18-22/h5-6,22H,2-4,7-18H2,1H3/b6-5+. The van der Waals surface area contributed by atoms with E-state index < -0.39 is 0 Å². The van der Waals surface area contributed by atoms with Crippen molar-refractivity contribution in [1.29, 1.82) is 0 Å². The Kier molecular flexibility index (Phi) is 18.2. The SMILES string of the molecule is CCCC/C=C/CCCCCCCCCCC(=O)OCCS. The Morgan fingerprint density at radius 2 is 1.41 bits per heavy atom. The summed E-state index contributed by atoms with van der Waals surface area (Å²) in [6.07, 6.45) is 20.4. The van der Waals surface area contributed by atoms with E-state index in [0.717, 1.165) is 12.8 Å². The van der Waals surface area contributed by atoms with Gasteiger partial charge in [-0.05, 0) is 25.7 Å². The Bertz CT molecular complexity index is 264. The van der Waals surface area contributed by atoms with Crippen LogP contribution in [0.1, 0.15) is 90.4 Å². The van der Waals surface area contributed by atoms with Gasteiger partial charge in [0.2, 0.25) is 0 Å². The quantitative estimate of drug-likeness (QED) is 0.160. The van der Waals surface area contributed by atoms with Gasteiger partial charge in [-0.1, -0.05) is 70.4 Å². The molecule has 0 aromatic rings. The first-order valence-electron chi connectivity index (χ1n) is 9.22. The minimum atomic E-state index is -0.0685. The van der Waals surface area contributed by atoms with Crippen LogP contribution in [0.3, 0.4) is 0 Å². The van der Waals surface area contributed by atoms with E-state index >= 15 is 0 Å². The van der Waals surface area contributed by atoms with Gasteiger partial charge >= 0.3 is 5.97 Å². The molecule has 0 unspecified atom stereocenters. The fourth-order valence-corrected chi connectivity index (χ4v) is 2.47. The highest BCUT2D eigenvalue weighted by molar-refractivity contribution is 7.80. The fraction of sp³-hybridized carbons (Fsp3) is 0.842. The van der Waals surface area contributed by atoms with Crippen LogP contribution >= 0.6 is 12.6 Å². The predicted octanol–water partition coefficient (Wildman–Crippen LogP) is 6.11. The predicted molar refractivity (Wildman–Crippen MR) is 99.6 cm³/mol. The van der Waals surface area contributed by atoms with E-state index in [0.29, 0.717) is 18.8 Å². The molecule has 0 bridgehead atoms. The second-order valence-corrected chi connectivity index (χ2v) is 6.37. The summed E-state index contributed by atoms with van der Waals surface area (Å²) >= 11 is 4.01. The van der Waals surface area contributed by atoms with E-state index in [4.69, 9.17) is 4.74 Å². The summed E-state index contributed by atoms with van der Waals surface area (Å²) < 4.78 is 4.98. The average molecular weight is 329 g/mol. The summed E-state index contributed by atoms with van der Waals surface area (Å²) in [5.74, 6) is 0.543. The monoisotopic (exact) mass is 328 g/mol. The second-order valence-electron chi connectivity index (χ2n) is 5.92. The maximum atomic E-state index is 11.3. The normalized spacial score (nSPS) is 11.2. The molecule has 130 valence electrons. The van der Waals surface area contributed by atoms with Crippen LogP contribution in [-0.2, 0) is 9.53 Å². The number of unbranched alkanes of at least 4 members (excludes halogenated alkanes) is 10. The first-order chi connectivity index (χ1) is 10.8. The molecule has 0 heterocycles. The third kappa shape index (κ3) is 17.6. The zero-order chi connectivity index (χ0) is 16.3. The molecule has 0 N–H and O–H groups in total. The van der Waals surface area contributed by atoms with Crippen LogP contribution in [0.4, 0.5) is 0 Å². The number of rotatable bonds is 16. The highest BCUT2D eigenvalue weighted by Crippen LogP contribution is 2.11. The molecule has 0 aromatic heterocycles. The molecule has 0 saturated carbocycles. The van der Waals surface area contributed by atoms with Crippen LogP contribution in [0, 0.1) is 0 Å². The number of carbonyl (C=O) groups is 1. The van der Waals surface area contributed by atoms with E-state index in [1.54, 1.807) is 0 Å². The number of ether oxygens (including phenoxy) is 1. The number of thiol groups is 1. The van der Waals surface area contributed by atoms with E-state index in [2.05, 4.69) is 31.7 Å². The topological polar surface area (TPSA) is 26.3 Å². The zero-order valence-corrected chi connectivity index (χ0v) is 15.4. The smallest absolute Gasteiger partial charge is 0.305 e. The summed E-state index contributed by atoms with van der Waals surface area (Å²) in [5.41, 5.74) is 0. The molecule has 0 spiro atoms.